The molecule has 12 heteroatoms. The summed E-state index contributed by atoms with van der Waals surface area (Å²) < 4.78 is 57.5. The highest BCUT2D eigenvalue weighted by molar-refractivity contribution is 7.90. The number of carbonyl (C=O) groups excluding carboxylic acids is 1. The molecule has 1 saturated heterocycles. The monoisotopic (exact) mass is 738 g/mol. The minimum Gasteiger partial charge on any atom is -0.490 e. The van der Waals surface area contributed by atoms with Crippen LogP contribution in [0.4, 0.5) is 10.1 Å². The van der Waals surface area contributed by atoms with Crippen LogP contribution in [0.2, 0.25) is 5.02 Å². The number of hydrogen-bond donors (Lipinski definition) is 1. The fraction of sp³-hybridized carbons (Fsp3) is 0.590. The third-order valence-corrected chi connectivity index (χ3v) is 13.7. The van der Waals surface area contributed by atoms with Gasteiger partial charge in [-0.15, -0.1) is 0 Å². The molecule has 2 aromatic carbocycles. The number of nitrogens with zero attached hydrogens (tertiary/aromatic N) is 3. The van der Waals surface area contributed by atoms with E-state index in [2.05, 4.69) is 38.8 Å². The highest BCUT2D eigenvalue weighted by Gasteiger charge is 2.47. The molecule has 51 heavy (non-hydrogen) atoms. The standard InChI is InChI=1S/C39H48ClFN4O5S/c1-26-6-4-8-35(49-17-16-44-23-39(41,24-44)21-42-3)32-12-9-29(32)20-45-22-38(15-5-7-28-18-30(40)10-13-33(28)38)25-50-36-14-11-31(19-34(36)45)51(47,48)43-37(46)27(26)2/h4,8,10-11,13-14,18-19,26-27,29,32,35H,5-7,9,12,15-17,20-25H2,1-2H3,(H,43,46)/b8-4+/t26-,27+,29-,32+,35-,38-/m0/s1. The van der Waals surface area contributed by atoms with Gasteiger partial charge in [-0.1, -0.05) is 43.7 Å². The maximum atomic E-state index is 14.6. The smallest absolute Gasteiger partial charge is 0.264 e. The van der Waals surface area contributed by atoms with Crippen LogP contribution in [0.15, 0.2) is 53.4 Å². The Morgan fingerprint density at radius 1 is 1.16 bits per heavy atom. The van der Waals surface area contributed by atoms with Gasteiger partial charge < -0.3 is 19.2 Å². The Hall–Kier alpha value is -3.17. The van der Waals surface area contributed by atoms with E-state index in [1.807, 2.05) is 17.9 Å². The van der Waals surface area contributed by atoms with Crippen molar-refractivity contribution in [2.75, 3.05) is 57.4 Å². The number of sulfonamides is 1. The van der Waals surface area contributed by atoms with Gasteiger partial charge in [-0.25, -0.2) is 24.1 Å². The summed E-state index contributed by atoms with van der Waals surface area (Å²) in [4.78, 5) is 20.9. The Morgan fingerprint density at radius 2 is 1.98 bits per heavy atom. The van der Waals surface area contributed by atoms with Crippen molar-refractivity contribution >= 4 is 33.2 Å². The fourth-order valence-electron chi connectivity index (χ4n) is 8.77. The van der Waals surface area contributed by atoms with Gasteiger partial charge in [-0.2, -0.15) is 0 Å². The number of amides is 1. The summed E-state index contributed by atoms with van der Waals surface area (Å²) in [5, 5.41) is 0.715. The predicted octanol–water partition coefficient (Wildman–Crippen LogP) is 6.20. The Bertz CT molecular complexity index is 1830. The minimum absolute atomic E-state index is 0.0351. The first-order valence-corrected chi connectivity index (χ1v) is 20.1. The lowest BCUT2D eigenvalue weighted by Crippen LogP contribution is -2.61. The van der Waals surface area contributed by atoms with E-state index in [0.29, 0.717) is 55.7 Å². The zero-order valence-corrected chi connectivity index (χ0v) is 31.0. The molecule has 1 N–H and O–H groups in total. The first kappa shape index (κ1) is 36.2. The van der Waals surface area contributed by atoms with E-state index >= 15 is 0 Å². The molecule has 0 aromatic heterocycles. The van der Waals surface area contributed by atoms with Gasteiger partial charge in [0.1, 0.15) is 5.75 Å². The van der Waals surface area contributed by atoms with Crippen LogP contribution in [0.3, 0.4) is 0 Å². The molecule has 2 fully saturated rings. The van der Waals surface area contributed by atoms with Gasteiger partial charge >= 0.3 is 0 Å². The fourth-order valence-corrected chi connectivity index (χ4v) is 10.0. The second-order valence-corrected chi connectivity index (χ2v) is 17.8. The quantitative estimate of drug-likeness (QED) is 0.289. The van der Waals surface area contributed by atoms with Gasteiger partial charge in [0.05, 0.1) is 29.9 Å². The van der Waals surface area contributed by atoms with Gasteiger partial charge in [0.25, 0.3) is 16.6 Å². The maximum Gasteiger partial charge on any atom is 0.264 e. The molecule has 3 heterocycles. The number of allylic oxidation sites excluding steroid dienone is 1. The highest BCUT2D eigenvalue weighted by atomic mass is 35.5. The van der Waals surface area contributed by atoms with Crippen LogP contribution < -0.4 is 14.4 Å². The zero-order valence-electron chi connectivity index (χ0n) is 29.5. The number of alkyl halides is 1. The van der Waals surface area contributed by atoms with Gasteiger partial charge in [-0.05, 0) is 97.7 Å². The molecular weight excluding hydrogens is 691 g/mol. The number of fused-ring (bicyclic) bond motifs is 4. The van der Waals surface area contributed by atoms with Crippen molar-refractivity contribution in [2.45, 2.75) is 74.5 Å². The number of nitrogens with one attached hydrogen (secondary N) is 1. The van der Waals surface area contributed by atoms with Crippen LogP contribution in [0, 0.1) is 30.2 Å². The predicted molar refractivity (Wildman–Crippen MR) is 195 cm³/mol. The number of hydrogen-bond acceptors (Lipinski definition) is 7. The summed E-state index contributed by atoms with van der Waals surface area (Å²) in [6.07, 6.45) is 9.50. The summed E-state index contributed by atoms with van der Waals surface area (Å²) in [7, 11) is -4.14. The normalized spacial score (nSPS) is 32.1. The molecule has 0 radical (unpaired) electrons. The van der Waals surface area contributed by atoms with Crippen molar-refractivity contribution in [3.8, 4) is 5.75 Å². The van der Waals surface area contributed by atoms with E-state index in [9.17, 15) is 17.6 Å². The molecule has 0 unspecified atom stereocenters. The zero-order chi connectivity index (χ0) is 36.0. The Labute approximate surface area is 306 Å². The molecule has 2 aliphatic carbocycles. The molecule has 5 aliphatic rings. The van der Waals surface area contributed by atoms with Crippen LogP contribution in [-0.4, -0.2) is 83.5 Å². The molecule has 9 nitrogen and oxygen atoms in total. The SMILES string of the molecule is [C-]#[N+]CC1(F)CN(CCO[C@H]2/C=C/C[C@H](C)[C@@H](C)C(=O)NS(=O)(=O)c3ccc4c(c3)N(C[C@@H]3CC[C@H]32)C[C@@]2(CCCc3cc(Cl)ccc32)CO4)C1. The van der Waals surface area contributed by atoms with Gasteiger partial charge in [0.15, 0.2) is 0 Å². The van der Waals surface area contributed by atoms with Gasteiger partial charge in [0.2, 0.25) is 11.6 Å². The molecule has 274 valence electrons. The van der Waals surface area contributed by atoms with Crippen LogP contribution in [0.1, 0.15) is 57.1 Å². The summed E-state index contributed by atoms with van der Waals surface area (Å²) in [6, 6.07) is 11.1. The number of anilines is 1. The molecular formula is C39H48ClFN4O5S. The van der Waals surface area contributed by atoms with Crippen LogP contribution in [0.5, 0.6) is 5.75 Å². The molecule has 1 amide bonds. The van der Waals surface area contributed by atoms with E-state index in [1.165, 1.54) is 17.2 Å². The summed E-state index contributed by atoms with van der Waals surface area (Å²) in [5.74, 6) is -0.0500. The lowest BCUT2D eigenvalue weighted by Gasteiger charge is -2.46. The average molecular weight is 739 g/mol. The van der Waals surface area contributed by atoms with Crippen molar-refractivity contribution in [2.24, 2.45) is 23.7 Å². The Kier molecular flexibility index (Phi) is 10.2. The summed E-state index contributed by atoms with van der Waals surface area (Å²) >= 11 is 6.45. The lowest BCUT2D eigenvalue weighted by atomic mass is 9.68. The highest BCUT2D eigenvalue weighted by Crippen LogP contribution is 2.47. The number of benzene rings is 2. The van der Waals surface area contributed by atoms with Crippen molar-refractivity contribution in [1.29, 1.82) is 0 Å². The maximum absolute atomic E-state index is 14.6. The number of carbonyl (C=O) groups is 1. The van der Waals surface area contributed by atoms with Crippen molar-refractivity contribution in [3.63, 3.8) is 0 Å². The van der Waals surface area contributed by atoms with E-state index in [0.717, 1.165) is 32.1 Å². The molecule has 7 rings (SSSR count). The molecule has 6 atom stereocenters. The largest absolute Gasteiger partial charge is 0.490 e. The second kappa shape index (κ2) is 14.3. The van der Waals surface area contributed by atoms with E-state index in [1.54, 1.807) is 19.1 Å². The first-order valence-electron chi connectivity index (χ1n) is 18.3. The summed E-state index contributed by atoms with van der Waals surface area (Å²) in [6.45, 7) is 14.0. The van der Waals surface area contributed by atoms with Crippen LogP contribution in [-0.2, 0) is 31.4 Å². The molecule has 3 aliphatic heterocycles. The Balaban J connectivity index is 1.21. The first-order chi connectivity index (χ1) is 24.4. The summed E-state index contributed by atoms with van der Waals surface area (Å²) in [5.41, 5.74) is 1.43. The average Bonchev–Trinajstić information content (AvgIpc) is 3.21. The van der Waals surface area contributed by atoms with Crippen LogP contribution in [0.25, 0.3) is 4.85 Å². The molecule has 1 saturated carbocycles. The molecule has 1 spiro atoms. The molecule has 2 aromatic rings. The van der Waals surface area contributed by atoms with Gasteiger partial charge in [-0.3, -0.25) is 9.69 Å². The van der Waals surface area contributed by atoms with Crippen LogP contribution >= 0.6 is 11.6 Å². The Morgan fingerprint density at radius 3 is 2.75 bits per heavy atom. The van der Waals surface area contributed by atoms with E-state index in [4.69, 9.17) is 27.6 Å². The van der Waals surface area contributed by atoms with Crippen molar-refractivity contribution in [3.05, 3.63) is 76.1 Å². The van der Waals surface area contributed by atoms with E-state index < -0.39 is 27.5 Å². The second-order valence-electron chi connectivity index (χ2n) is 15.6. The van der Waals surface area contributed by atoms with Crippen molar-refractivity contribution in [1.82, 2.24) is 9.62 Å². The van der Waals surface area contributed by atoms with Crippen molar-refractivity contribution < 1.29 is 27.1 Å². The topological polar surface area (TPSA) is 92.5 Å². The third kappa shape index (κ3) is 7.39. The minimum atomic E-state index is -4.14. The number of aryl methyl sites for hydroxylation is 1. The number of rotatable bonds is 5. The number of likely N-dealkylation sites (tertiary alicyclic amines) is 1. The number of halogens is 2. The molecule has 2 bridgehead atoms. The number of ether oxygens (including phenoxy) is 2. The third-order valence-electron chi connectivity index (χ3n) is 12.1. The van der Waals surface area contributed by atoms with E-state index in [-0.39, 0.29) is 53.8 Å². The lowest BCUT2D eigenvalue weighted by molar-refractivity contribution is -0.124. The van der Waals surface area contributed by atoms with Gasteiger partial charge in [0, 0.05) is 49.1 Å².